The minimum absolute atomic E-state index is 0.0133. The van der Waals surface area contributed by atoms with Crippen molar-refractivity contribution in [1.82, 2.24) is 0 Å². The number of rotatable bonds is 3. The topological polar surface area (TPSA) is 60.2 Å². The standard InChI is InChI=1S/C9H6ClNO3.C2H6/c10-9(12)6-3-7-1-4-8(5-2-7)11(13)14;1-2/h1-6H;1-2H3/b6-3+;. The van der Waals surface area contributed by atoms with Crippen LogP contribution < -0.4 is 0 Å². The van der Waals surface area contributed by atoms with Crippen LogP contribution in [0.15, 0.2) is 30.3 Å². The van der Waals surface area contributed by atoms with Gasteiger partial charge in [0.25, 0.3) is 5.69 Å². The molecule has 0 saturated carbocycles. The molecule has 0 aliphatic rings. The van der Waals surface area contributed by atoms with Gasteiger partial charge in [0.2, 0.25) is 5.24 Å². The van der Waals surface area contributed by atoms with Crippen molar-refractivity contribution in [3.05, 3.63) is 46.0 Å². The normalized spacial score (nSPS) is 9.44. The van der Waals surface area contributed by atoms with Crippen molar-refractivity contribution >= 4 is 28.6 Å². The van der Waals surface area contributed by atoms with E-state index in [0.29, 0.717) is 5.56 Å². The molecule has 4 nitrogen and oxygen atoms in total. The molecule has 0 aromatic heterocycles. The number of halogens is 1. The Hall–Kier alpha value is -1.68. The lowest BCUT2D eigenvalue weighted by molar-refractivity contribution is -0.384. The van der Waals surface area contributed by atoms with E-state index in [1.165, 1.54) is 36.4 Å². The summed E-state index contributed by atoms with van der Waals surface area (Å²) in [4.78, 5) is 20.2. The summed E-state index contributed by atoms with van der Waals surface area (Å²) in [5, 5.41) is 9.71. The zero-order chi connectivity index (χ0) is 12.6. The van der Waals surface area contributed by atoms with E-state index in [-0.39, 0.29) is 5.69 Å². The van der Waals surface area contributed by atoms with Gasteiger partial charge in [-0.05, 0) is 35.4 Å². The fourth-order valence-electron chi connectivity index (χ4n) is 0.869. The Morgan fingerprint density at radius 3 is 2.19 bits per heavy atom. The molecule has 0 saturated heterocycles. The second kappa shape index (κ2) is 7.59. The van der Waals surface area contributed by atoms with Gasteiger partial charge in [0.05, 0.1) is 4.92 Å². The van der Waals surface area contributed by atoms with Gasteiger partial charge in [-0.2, -0.15) is 0 Å². The van der Waals surface area contributed by atoms with Crippen LogP contribution in [0.5, 0.6) is 0 Å². The van der Waals surface area contributed by atoms with Crippen molar-refractivity contribution in [2.75, 3.05) is 0 Å². The molecule has 0 fully saturated rings. The molecule has 0 aliphatic carbocycles. The predicted octanol–water partition coefficient (Wildman–Crippen LogP) is 3.40. The van der Waals surface area contributed by atoms with Crippen LogP contribution in [-0.4, -0.2) is 10.2 Å². The Morgan fingerprint density at radius 1 is 1.31 bits per heavy atom. The van der Waals surface area contributed by atoms with Crippen molar-refractivity contribution in [2.24, 2.45) is 0 Å². The molecule has 1 aromatic carbocycles. The number of hydrogen-bond acceptors (Lipinski definition) is 3. The quantitative estimate of drug-likeness (QED) is 0.353. The van der Waals surface area contributed by atoms with E-state index >= 15 is 0 Å². The Bertz CT molecular complexity index is 385. The number of non-ortho nitro benzene ring substituents is 1. The highest BCUT2D eigenvalue weighted by Crippen LogP contribution is 2.12. The third-order valence-electron chi connectivity index (χ3n) is 1.51. The first-order valence-corrected chi connectivity index (χ1v) is 5.09. The van der Waals surface area contributed by atoms with Gasteiger partial charge < -0.3 is 0 Å². The summed E-state index contributed by atoms with van der Waals surface area (Å²) >= 11 is 5.08. The van der Waals surface area contributed by atoms with Crippen molar-refractivity contribution in [3.63, 3.8) is 0 Å². The van der Waals surface area contributed by atoms with Crippen LogP contribution >= 0.6 is 11.6 Å². The lowest BCUT2D eigenvalue weighted by Crippen LogP contribution is -1.86. The van der Waals surface area contributed by atoms with Crippen LogP contribution in [-0.2, 0) is 4.79 Å². The molecule has 0 unspecified atom stereocenters. The smallest absolute Gasteiger partial charge is 0.269 e. The second-order valence-electron chi connectivity index (χ2n) is 2.49. The van der Waals surface area contributed by atoms with Crippen molar-refractivity contribution in [1.29, 1.82) is 0 Å². The first kappa shape index (κ1) is 14.3. The van der Waals surface area contributed by atoms with Crippen LogP contribution in [0.25, 0.3) is 6.08 Å². The molecule has 1 aromatic rings. The number of carbonyl (C=O) groups is 1. The number of nitro groups is 1. The van der Waals surface area contributed by atoms with Gasteiger partial charge in [-0.1, -0.05) is 19.9 Å². The van der Waals surface area contributed by atoms with Crippen LogP contribution in [0.3, 0.4) is 0 Å². The Morgan fingerprint density at radius 2 is 1.81 bits per heavy atom. The van der Waals surface area contributed by atoms with Gasteiger partial charge >= 0.3 is 0 Å². The van der Waals surface area contributed by atoms with Gasteiger partial charge in [-0.3, -0.25) is 14.9 Å². The Kier molecular flexibility index (Phi) is 6.79. The molecule has 0 radical (unpaired) electrons. The maximum Gasteiger partial charge on any atom is 0.269 e. The monoisotopic (exact) mass is 241 g/mol. The SMILES string of the molecule is CC.O=C(Cl)/C=C/c1ccc([N+](=O)[O-])cc1. The Labute approximate surface area is 98.7 Å². The summed E-state index contributed by atoms with van der Waals surface area (Å²) in [6.45, 7) is 4.00. The zero-order valence-electron chi connectivity index (χ0n) is 9.01. The third kappa shape index (κ3) is 5.26. The lowest BCUT2D eigenvalue weighted by Gasteiger charge is -1.92. The van der Waals surface area contributed by atoms with E-state index in [9.17, 15) is 14.9 Å². The highest BCUT2D eigenvalue weighted by Gasteiger charge is 2.02. The molecule has 0 spiro atoms. The van der Waals surface area contributed by atoms with Crippen molar-refractivity contribution in [2.45, 2.75) is 13.8 Å². The van der Waals surface area contributed by atoms with Crippen LogP contribution in [0.2, 0.25) is 0 Å². The third-order valence-corrected chi connectivity index (χ3v) is 1.64. The minimum Gasteiger partial charge on any atom is -0.276 e. The average molecular weight is 242 g/mol. The van der Waals surface area contributed by atoms with Crippen molar-refractivity contribution < 1.29 is 9.72 Å². The zero-order valence-corrected chi connectivity index (χ0v) is 9.77. The van der Waals surface area contributed by atoms with E-state index in [4.69, 9.17) is 11.6 Å². The molecule has 86 valence electrons. The molecule has 0 amide bonds. The fraction of sp³-hybridized carbons (Fsp3) is 0.182. The van der Waals surface area contributed by atoms with E-state index in [0.717, 1.165) is 0 Å². The van der Waals surface area contributed by atoms with Crippen LogP contribution in [0.4, 0.5) is 5.69 Å². The molecule has 0 aliphatic heterocycles. The number of carbonyl (C=O) groups excluding carboxylic acids is 1. The van der Waals surface area contributed by atoms with Crippen LogP contribution in [0, 0.1) is 10.1 Å². The van der Waals surface area contributed by atoms with Gasteiger partial charge in [0.1, 0.15) is 0 Å². The molecule has 0 N–H and O–H groups in total. The number of allylic oxidation sites excluding steroid dienone is 1. The number of nitro benzene ring substituents is 1. The van der Waals surface area contributed by atoms with Crippen molar-refractivity contribution in [3.8, 4) is 0 Å². The maximum absolute atomic E-state index is 10.4. The van der Waals surface area contributed by atoms with Gasteiger partial charge in [-0.15, -0.1) is 0 Å². The first-order chi connectivity index (χ1) is 7.59. The number of benzene rings is 1. The fourth-order valence-corrected chi connectivity index (χ4v) is 0.932. The molecule has 16 heavy (non-hydrogen) atoms. The maximum atomic E-state index is 10.4. The molecule has 5 heteroatoms. The van der Waals surface area contributed by atoms with E-state index in [1.54, 1.807) is 0 Å². The summed E-state index contributed by atoms with van der Waals surface area (Å²) in [5.41, 5.74) is 0.698. The summed E-state index contributed by atoms with van der Waals surface area (Å²) in [6, 6.07) is 5.79. The molecular weight excluding hydrogens is 230 g/mol. The van der Waals surface area contributed by atoms with E-state index < -0.39 is 10.2 Å². The van der Waals surface area contributed by atoms with Gasteiger partial charge in [-0.25, -0.2) is 0 Å². The van der Waals surface area contributed by atoms with E-state index in [2.05, 4.69) is 0 Å². The molecule has 0 heterocycles. The number of nitrogens with zero attached hydrogens (tertiary/aromatic N) is 1. The van der Waals surface area contributed by atoms with E-state index in [1.807, 2.05) is 13.8 Å². The largest absolute Gasteiger partial charge is 0.276 e. The summed E-state index contributed by atoms with van der Waals surface area (Å²) in [5.74, 6) is 0. The predicted molar refractivity (Wildman–Crippen MR) is 64.3 cm³/mol. The molecule has 1 rings (SSSR count). The van der Waals surface area contributed by atoms with Gasteiger partial charge in [0, 0.05) is 12.1 Å². The second-order valence-corrected chi connectivity index (χ2v) is 2.86. The Balaban J connectivity index is 0.00000106. The summed E-state index contributed by atoms with van der Waals surface area (Å²) < 4.78 is 0. The summed E-state index contributed by atoms with van der Waals surface area (Å²) in [7, 11) is 0. The molecular formula is C11H12ClNO3. The molecule has 0 bridgehead atoms. The first-order valence-electron chi connectivity index (χ1n) is 4.71. The van der Waals surface area contributed by atoms with Crippen LogP contribution in [0.1, 0.15) is 19.4 Å². The highest BCUT2D eigenvalue weighted by molar-refractivity contribution is 6.66. The summed E-state index contributed by atoms with van der Waals surface area (Å²) in [6.07, 6.45) is 2.67. The molecule has 0 atom stereocenters. The lowest BCUT2D eigenvalue weighted by atomic mass is 10.2. The number of hydrogen-bond donors (Lipinski definition) is 0. The average Bonchev–Trinajstić information content (AvgIpc) is 2.29. The minimum atomic E-state index is -0.580. The highest BCUT2D eigenvalue weighted by atomic mass is 35.5. The van der Waals surface area contributed by atoms with Gasteiger partial charge in [0.15, 0.2) is 0 Å².